The highest BCUT2D eigenvalue weighted by Gasteiger charge is 2.08. The predicted molar refractivity (Wildman–Crippen MR) is 80.6 cm³/mol. The summed E-state index contributed by atoms with van der Waals surface area (Å²) in [6.45, 7) is 3.14. The van der Waals surface area contributed by atoms with Crippen LogP contribution in [0.3, 0.4) is 0 Å². The van der Waals surface area contributed by atoms with Gasteiger partial charge in [0.05, 0.1) is 0 Å². The van der Waals surface area contributed by atoms with Gasteiger partial charge in [-0.25, -0.2) is 9.97 Å². The van der Waals surface area contributed by atoms with Gasteiger partial charge < -0.3 is 10.2 Å². The molecule has 0 saturated heterocycles. The lowest BCUT2D eigenvalue weighted by atomic mass is 10.2. The van der Waals surface area contributed by atoms with Crippen molar-refractivity contribution in [2.75, 3.05) is 30.9 Å². The maximum atomic E-state index is 4.64. The Kier molecular flexibility index (Phi) is 4.34. The largest absolute Gasteiger partial charge is 0.373 e. The topological polar surface area (TPSA) is 41.0 Å². The summed E-state index contributed by atoms with van der Waals surface area (Å²) in [6, 6.07) is 12.0. The minimum absolute atomic E-state index is 0.755. The van der Waals surface area contributed by atoms with Crippen LogP contribution < -0.4 is 10.2 Å². The van der Waals surface area contributed by atoms with E-state index >= 15 is 0 Å². The van der Waals surface area contributed by atoms with Crippen molar-refractivity contribution in [3.8, 4) is 11.4 Å². The number of nitrogens with one attached hydrogen (secondary N) is 1. The fourth-order valence-corrected chi connectivity index (χ4v) is 1.92. The lowest BCUT2D eigenvalue weighted by Crippen LogP contribution is -2.19. The summed E-state index contributed by atoms with van der Waals surface area (Å²) in [5.74, 6) is 2.54. The quantitative estimate of drug-likeness (QED) is 0.892. The summed E-state index contributed by atoms with van der Waals surface area (Å²) in [5, 5.41) is 3.10. The molecule has 0 spiro atoms. The Balaban J connectivity index is 2.42. The molecule has 0 amide bonds. The summed E-state index contributed by atoms with van der Waals surface area (Å²) < 4.78 is 0. The van der Waals surface area contributed by atoms with Gasteiger partial charge >= 0.3 is 0 Å². The van der Waals surface area contributed by atoms with E-state index in [1.54, 1.807) is 0 Å². The summed E-state index contributed by atoms with van der Waals surface area (Å²) >= 11 is 0. The van der Waals surface area contributed by atoms with Crippen LogP contribution in [0.5, 0.6) is 0 Å². The normalized spacial score (nSPS) is 10.3. The van der Waals surface area contributed by atoms with E-state index in [0.29, 0.717) is 0 Å². The van der Waals surface area contributed by atoms with E-state index in [4.69, 9.17) is 0 Å². The summed E-state index contributed by atoms with van der Waals surface area (Å²) in [7, 11) is 3.93. The van der Waals surface area contributed by atoms with Crippen molar-refractivity contribution < 1.29 is 0 Å². The lowest BCUT2D eigenvalue weighted by Gasteiger charge is -2.18. The molecule has 1 N–H and O–H groups in total. The molecule has 1 aromatic carbocycles. The predicted octanol–water partition coefficient (Wildman–Crippen LogP) is 3.03. The first-order chi connectivity index (χ1) is 9.24. The molecule has 4 heteroatoms. The van der Waals surface area contributed by atoms with Gasteiger partial charge in [-0.3, -0.25) is 0 Å². The maximum absolute atomic E-state index is 4.64. The van der Waals surface area contributed by atoms with Crippen molar-refractivity contribution in [2.24, 2.45) is 0 Å². The first-order valence-electron chi connectivity index (χ1n) is 6.58. The zero-order chi connectivity index (χ0) is 13.7. The fraction of sp³-hybridized carbons (Fsp3) is 0.333. The molecule has 19 heavy (non-hydrogen) atoms. The van der Waals surface area contributed by atoms with E-state index in [1.165, 1.54) is 0 Å². The number of rotatable bonds is 5. The summed E-state index contributed by atoms with van der Waals surface area (Å²) in [6.07, 6.45) is 1.09. The average molecular weight is 256 g/mol. The van der Waals surface area contributed by atoms with Crippen LogP contribution in [0.15, 0.2) is 36.4 Å². The van der Waals surface area contributed by atoms with Gasteiger partial charge in [-0.05, 0) is 6.42 Å². The molecule has 0 radical (unpaired) electrons. The van der Waals surface area contributed by atoms with Crippen LogP contribution in [0.1, 0.15) is 13.3 Å². The van der Waals surface area contributed by atoms with Crippen LogP contribution >= 0.6 is 0 Å². The molecule has 0 aliphatic carbocycles. The van der Waals surface area contributed by atoms with E-state index in [9.17, 15) is 0 Å². The zero-order valence-electron chi connectivity index (χ0n) is 11.7. The molecule has 0 saturated carbocycles. The number of nitrogens with zero attached hydrogens (tertiary/aromatic N) is 3. The molecule has 1 heterocycles. The molecule has 0 unspecified atom stereocenters. The second-order valence-electron chi connectivity index (χ2n) is 4.47. The number of anilines is 2. The lowest BCUT2D eigenvalue weighted by molar-refractivity contribution is 0.836. The Bertz CT molecular complexity index is 525. The van der Waals surface area contributed by atoms with Gasteiger partial charge in [0, 0.05) is 32.3 Å². The van der Waals surface area contributed by atoms with Gasteiger partial charge in [0.2, 0.25) is 0 Å². The fourth-order valence-electron chi connectivity index (χ4n) is 1.92. The standard InChI is InChI=1S/C15H20N4/c1-4-10-19(3)14-11-13(16-2)17-15(18-14)12-8-6-5-7-9-12/h5-9,11H,4,10H2,1-3H3,(H,16,17,18). The third-order valence-corrected chi connectivity index (χ3v) is 2.95. The Morgan fingerprint density at radius 3 is 2.53 bits per heavy atom. The van der Waals surface area contributed by atoms with Gasteiger partial charge in [-0.15, -0.1) is 0 Å². The molecule has 1 aromatic heterocycles. The average Bonchev–Trinajstić information content (AvgIpc) is 2.48. The van der Waals surface area contributed by atoms with Crippen LogP contribution in [-0.2, 0) is 0 Å². The van der Waals surface area contributed by atoms with Crippen LogP contribution in [-0.4, -0.2) is 30.6 Å². The zero-order valence-corrected chi connectivity index (χ0v) is 11.7. The third-order valence-electron chi connectivity index (χ3n) is 2.95. The monoisotopic (exact) mass is 256 g/mol. The third kappa shape index (κ3) is 3.22. The number of aromatic nitrogens is 2. The van der Waals surface area contributed by atoms with Crippen molar-refractivity contribution >= 4 is 11.6 Å². The molecule has 100 valence electrons. The van der Waals surface area contributed by atoms with E-state index in [1.807, 2.05) is 43.4 Å². The SMILES string of the molecule is CCCN(C)c1cc(NC)nc(-c2ccccc2)n1. The van der Waals surface area contributed by atoms with E-state index in [0.717, 1.165) is 36.0 Å². The first-order valence-corrected chi connectivity index (χ1v) is 6.58. The highest BCUT2D eigenvalue weighted by molar-refractivity contribution is 5.61. The van der Waals surface area contributed by atoms with Crippen molar-refractivity contribution in [1.82, 2.24) is 9.97 Å². The van der Waals surface area contributed by atoms with E-state index in [-0.39, 0.29) is 0 Å². The van der Waals surface area contributed by atoms with Crippen LogP contribution in [0.2, 0.25) is 0 Å². The molecule has 4 nitrogen and oxygen atoms in total. The van der Waals surface area contributed by atoms with Gasteiger partial charge in [0.25, 0.3) is 0 Å². The smallest absolute Gasteiger partial charge is 0.163 e. The number of hydrogen-bond acceptors (Lipinski definition) is 4. The van der Waals surface area contributed by atoms with Crippen LogP contribution in [0, 0.1) is 0 Å². The van der Waals surface area contributed by atoms with Crippen molar-refractivity contribution in [1.29, 1.82) is 0 Å². The van der Waals surface area contributed by atoms with E-state index < -0.39 is 0 Å². The van der Waals surface area contributed by atoms with Gasteiger partial charge in [-0.2, -0.15) is 0 Å². The van der Waals surface area contributed by atoms with Crippen molar-refractivity contribution in [3.63, 3.8) is 0 Å². The van der Waals surface area contributed by atoms with Gasteiger partial charge in [0.1, 0.15) is 11.6 Å². The minimum Gasteiger partial charge on any atom is -0.373 e. The van der Waals surface area contributed by atoms with Gasteiger partial charge in [0.15, 0.2) is 5.82 Å². The first kappa shape index (κ1) is 13.3. The molecule has 2 rings (SSSR count). The van der Waals surface area contributed by atoms with Crippen LogP contribution in [0.25, 0.3) is 11.4 Å². The molecule has 0 fully saturated rings. The summed E-state index contributed by atoms with van der Waals surface area (Å²) in [4.78, 5) is 11.3. The highest BCUT2D eigenvalue weighted by atomic mass is 15.2. The Morgan fingerprint density at radius 2 is 1.89 bits per heavy atom. The molecule has 0 aliphatic rings. The van der Waals surface area contributed by atoms with Crippen molar-refractivity contribution in [2.45, 2.75) is 13.3 Å². The maximum Gasteiger partial charge on any atom is 0.163 e. The molecule has 0 aliphatic heterocycles. The molecule has 0 atom stereocenters. The molecule has 2 aromatic rings. The molecule has 0 bridgehead atoms. The second kappa shape index (κ2) is 6.18. The molecular formula is C15H20N4. The second-order valence-corrected chi connectivity index (χ2v) is 4.47. The summed E-state index contributed by atoms with van der Waals surface area (Å²) in [5.41, 5.74) is 1.03. The molecular weight excluding hydrogens is 236 g/mol. The van der Waals surface area contributed by atoms with Crippen molar-refractivity contribution in [3.05, 3.63) is 36.4 Å². The Morgan fingerprint density at radius 1 is 1.16 bits per heavy atom. The number of hydrogen-bond donors (Lipinski definition) is 1. The highest BCUT2D eigenvalue weighted by Crippen LogP contribution is 2.21. The minimum atomic E-state index is 0.755. The number of benzene rings is 1. The van der Waals surface area contributed by atoms with Gasteiger partial charge in [-0.1, -0.05) is 37.3 Å². The van der Waals surface area contributed by atoms with E-state index in [2.05, 4.69) is 34.2 Å². The Hall–Kier alpha value is -2.10. The Labute approximate surface area is 114 Å². The van der Waals surface area contributed by atoms with Crippen LogP contribution in [0.4, 0.5) is 11.6 Å².